The van der Waals surface area contributed by atoms with E-state index in [-0.39, 0.29) is 16.6 Å². The van der Waals surface area contributed by atoms with E-state index in [0.29, 0.717) is 28.7 Å². The highest BCUT2D eigenvalue weighted by molar-refractivity contribution is 7.90. The summed E-state index contributed by atoms with van der Waals surface area (Å²) in [6.45, 7) is 3.64. The molecule has 7 heteroatoms. The smallest absolute Gasteiger partial charge is 0.219 e. The van der Waals surface area contributed by atoms with Crippen molar-refractivity contribution in [3.8, 4) is 23.1 Å². The van der Waals surface area contributed by atoms with Crippen molar-refractivity contribution in [2.45, 2.75) is 18.7 Å². The Kier molecular flexibility index (Phi) is 5.98. The van der Waals surface area contributed by atoms with Crippen LogP contribution in [0.1, 0.15) is 24.2 Å². The quantitative estimate of drug-likeness (QED) is 0.514. The van der Waals surface area contributed by atoms with Crippen LogP contribution in [0, 0.1) is 5.92 Å². The number of carbonyl (C=O) groups excluding carboxylic acids is 1. The van der Waals surface area contributed by atoms with Crippen LogP contribution < -0.4 is 9.47 Å². The zero-order chi connectivity index (χ0) is 21.0. The van der Waals surface area contributed by atoms with Crippen LogP contribution in [-0.4, -0.2) is 25.4 Å². The van der Waals surface area contributed by atoms with Gasteiger partial charge in [-0.25, -0.2) is 13.4 Å². The molecule has 29 heavy (non-hydrogen) atoms. The van der Waals surface area contributed by atoms with Crippen molar-refractivity contribution in [1.29, 1.82) is 0 Å². The number of sulfone groups is 1. The monoisotopic (exact) mass is 411 g/mol. The summed E-state index contributed by atoms with van der Waals surface area (Å²) in [6.07, 6.45) is 2.75. The number of hydrogen-bond donors (Lipinski definition) is 0. The van der Waals surface area contributed by atoms with Gasteiger partial charge in [0.25, 0.3) is 0 Å². The second-order valence-electron chi connectivity index (χ2n) is 6.83. The van der Waals surface area contributed by atoms with E-state index in [1.807, 2.05) is 13.8 Å². The molecular weight excluding hydrogens is 390 g/mol. The molecule has 3 rings (SSSR count). The molecule has 0 N–H and O–H groups in total. The maximum absolute atomic E-state index is 12.5. The molecule has 6 nitrogen and oxygen atoms in total. The van der Waals surface area contributed by atoms with Crippen LogP contribution in [0.15, 0.2) is 71.8 Å². The van der Waals surface area contributed by atoms with E-state index in [1.54, 1.807) is 54.7 Å². The molecule has 0 aliphatic carbocycles. The van der Waals surface area contributed by atoms with Gasteiger partial charge in [0.15, 0.2) is 15.6 Å². The van der Waals surface area contributed by atoms with Crippen LogP contribution in [0.3, 0.4) is 0 Å². The lowest BCUT2D eigenvalue weighted by molar-refractivity contribution is 0.0938. The number of rotatable bonds is 7. The first kappa shape index (κ1) is 20.5. The molecule has 0 saturated heterocycles. The number of carbonyl (C=O) groups is 1. The zero-order valence-corrected chi connectivity index (χ0v) is 17.1. The van der Waals surface area contributed by atoms with Crippen LogP contribution in [0.2, 0.25) is 0 Å². The fourth-order valence-corrected chi connectivity index (χ4v) is 3.21. The minimum absolute atomic E-state index is 0.0475. The minimum Gasteiger partial charge on any atom is -0.457 e. The number of nitrogens with zero attached hydrogens (tertiary/aromatic N) is 1. The van der Waals surface area contributed by atoms with Crippen molar-refractivity contribution in [3.63, 3.8) is 0 Å². The minimum atomic E-state index is -3.29. The molecule has 0 atom stereocenters. The predicted octanol–water partition coefficient (Wildman–Crippen LogP) is 4.91. The van der Waals surface area contributed by atoms with Gasteiger partial charge < -0.3 is 9.47 Å². The van der Waals surface area contributed by atoms with E-state index in [9.17, 15) is 13.2 Å². The molecule has 0 saturated carbocycles. The van der Waals surface area contributed by atoms with Gasteiger partial charge in [0.1, 0.15) is 17.2 Å². The first-order valence-electron chi connectivity index (χ1n) is 8.98. The third-order valence-corrected chi connectivity index (χ3v) is 5.17. The summed E-state index contributed by atoms with van der Waals surface area (Å²) in [6, 6.07) is 16.3. The van der Waals surface area contributed by atoms with E-state index in [1.165, 1.54) is 12.1 Å². The van der Waals surface area contributed by atoms with Gasteiger partial charge in [-0.05, 0) is 42.5 Å². The van der Waals surface area contributed by atoms with Gasteiger partial charge in [-0.15, -0.1) is 0 Å². The molecule has 1 heterocycles. The summed E-state index contributed by atoms with van der Waals surface area (Å²) in [7, 11) is -3.29. The lowest BCUT2D eigenvalue weighted by Gasteiger charge is -2.12. The number of aromatic nitrogens is 1. The molecule has 0 radical (unpaired) electrons. The Hall–Kier alpha value is -3.19. The van der Waals surface area contributed by atoms with Crippen LogP contribution >= 0.6 is 0 Å². The Bertz CT molecular complexity index is 1110. The maximum atomic E-state index is 12.5. The molecule has 0 unspecified atom stereocenters. The average Bonchev–Trinajstić information content (AvgIpc) is 2.67. The van der Waals surface area contributed by atoms with Crippen LogP contribution in [0.25, 0.3) is 0 Å². The topological polar surface area (TPSA) is 82.6 Å². The normalized spacial score (nSPS) is 11.3. The molecule has 3 aromatic rings. The summed E-state index contributed by atoms with van der Waals surface area (Å²) in [5, 5.41) is 0. The van der Waals surface area contributed by atoms with E-state index in [4.69, 9.17) is 9.47 Å². The van der Waals surface area contributed by atoms with E-state index < -0.39 is 9.84 Å². The van der Waals surface area contributed by atoms with Gasteiger partial charge in [-0.1, -0.05) is 19.9 Å². The first-order chi connectivity index (χ1) is 13.7. The molecule has 0 fully saturated rings. The number of ketones is 1. The SMILES string of the molecule is CC(C)C(=O)c1cc(Oc2ccc(S(C)(=O)=O)cc2)cc(Oc2ccccn2)c1. The number of Topliss-reactive ketones (excluding diaryl/α,β-unsaturated/α-hetero) is 1. The van der Waals surface area contributed by atoms with Crippen molar-refractivity contribution >= 4 is 15.6 Å². The Morgan fingerprint density at radius 3 is 2.10 bits per heavy atom. The summed E-state index contributed by atoms with van der Waals surface area (Å²) < 4.78 is 34.8. The van der Waals surface area contributed by atoms with E-state index >= 15 is 0 Å². The van der Waals surface area contributed by atoms with E-state index in [2.05, 4.69) is 4.98 Å². The Labute approximate surface area is 170 Å². The molecular formula is C22H21NO5S. The summed E-state index contributed by atoms with van der Waals surface area (Å²) in [4.78, 5) is 16.8. The van der Waals surface area contributed by atoms with Crippen molar-refractivity contribution in [2.24, 2.45) is 5.92 Å². The number of benzene rings is 2. The predicted molar refractivity (Wildman–Crippen MR) is 110 cm³/mol. The van der Waals surface area contributed by atoms with Crippen molar-refractivity contribution < 1.29 is 22.7 Å². The van der Waals surface area contributed by atoms with Crippen molar-refractivity contribution in [3.05, 3.63) is 72.4 Å². The molecule has 0 aliphatic heterocycles. The lowest BCUT2D eigenvalue weighted by atomic mass is 10.0. The number of ether oxygens (including phenoxy) is 2. The molecule has 0 aliphatic rings. The average molecular weight is 411 g/mol. The highest BCUT2D eigenvalue weighted by atomic mass is 32.2. The molecule has 0 spiro atoms. The number of hydrogen-bond acceptors (Lipinski definition) is 6. The third kappa shape index (κ3) is 5.42. The molecule has 150 valence electrons. The van der Waals surface area contributed by atoms with Crippen LogP contribution in [-0.2, 0) is 9.84 Å². The molecule has 2 aromatic carbocycles. The first-order valence-corrected chi connectivity index (χ1v) is 10.9. The van der Waals surface area contributed by atoms with Gasteiger partial charge in [-0.3, -0.25) is 4.79 Å². The summed E-state index contributed by atoms with van der Waals surface area (Å²) in [5.41, 5.74) is 0.455. The van der Waals surface area contributed by atoms with Gasteiger partial charge in [0.05, 0.1) is 4.90 Å². The summed E-state index contributed by atoms with van der Waals surface area (Å²) >= 11 is 0. The van der Waals surface area contributed by atoms with Crippen molar-refractivity contribution in [2.75, 3.05) is 6.26 Å². The lowest BCUT2D eigenvalue weighted by Crippen LogP contribution is -2.07. The molecule has 1 aromatic heterocycles. The molecule has 0 amide bonds. The maximum Gasteiger partial charge on any atom is 0.219 e. The van der Waals surface area contributed by atoms with Crippen molar-refractivity contribution in [1.82, 2.24) is 4.98 Å². The highest BCUT2D eigenvalue weighted by Crippen LogP contribution is 2.31. The Morgan fingerprint density at radius 2 is 1.55 bits per heavy atom. The molecule has 0 bridgehead atoms. The Morgan fingerprint density at radius 1 is 0.897 bits per heavy atom. The Balaban J connectivity index is 1.93. The fraction of sp³-hybridized carbons (Fsp3) is 0.182. The largest absolute Gasteiger partial charge is 0.457 e. The zero-order valence-electron chi connectivity index (χ0n) is 16.3. The van der Waals surface area contributed by atoms with Gasteiger partial charge >= 0.3 is 0 Å². The summed E-state index contributed by atoms with van der Waals surface area (Å²) in [5.74, 6) is 1.41. The third-order valence-electron chi connectivity index (χ3n) is 4.04. The van der Waals surface area contributed by atoms with E-state index in [0.717, 1.165) is 6.26 Å². The van der Waals surface area contributed by atoms with Gasteiger partial charge in [-0.2, -0.15) is 0 Å². The fourth-order valence-electron chi connectivity index (χ4n) is 2.58. The standard InChI is InChI=1S/C22H21NO5S/c1-15(2)22(24)16-12-18(14-19(13-16)28-21-6-4-5-11-23-21)27-17-7-9-20(10-8-17)29(3,25)26/h4-15H,1-3H3. The van der Waals surface area contributed by atoms with Gasteiger partial charge in [0.2, 0.25) is 5.88 Å². The van der Waals surface area contributed by atoms with Gasteiger partial charge in [0, 0.05) is 36.1 Å². The number of pyridine rings is 1. The second-order valence-corrected chi connectivity index (χ2v) is 8.84. The van der Waals surface area contributed by atoms with Crippen LogP contribution in [0.5, 0.6) is 23.1 Å². The van der Waals surface area contributed by atoms with Crippen LogP contribution in [0.4, 0.5) is 0 Å². The highest BCUT2D eigenvalue weighted by Gasteiger charge is 2.15. The second kappa shape index (κ2) is 8.45.